The molecule has 3 aromatic carbocycles. The van der Waals surface area contributed by atoms with Gasteiger partial charge in [-0.05, 0) is 47.5 Å². The van der Waals surface area contributed by atoms with Gasteiger partial charge in [-0.1, -0.05) is 78.0 Å². The summed E-state index contributed by atoms with van der Waals surface area (Å²) in [6, 6.07) is 22.8. The van der Waals surface area contributed by atoms with Gasteiger partial charge in [0.25, 0.3) is 5.91 Å². The van der Waals surface area contributed by atoms with Crippen LogP contribution in [0.1, 0.15) is 16.7 Å². The third-order valence-corrected chi connectivity index (χ3v) is 6.65. The van der Waals surface area contributed by atoms with Crippen LogP contribution in [0.25, 0.3) is 6.08 Å². The molecule has 162 valence electrons. The summed E-state index contributed by atoms with van der Waals surface area (Å²) < 4.78 is 11.6. The Hall–Kier alpha value is -2.80. The smallest absolute Gasteiger partial charge is 0.266 e. The van der Waals surface area contributed by atoms with Gasteiger partial charge in [0.1, 0.15) is 22.4 Å². The van der Waals surface area contributed by atoms with Crippen LogP contribution in [-0.2, 0) is 17.9 Å². The van der Waals surface area contributed by atoms with Crippen molar-refractivity contribution in [2.75, 3.05) is 7.11 Å². The lowest BCUT2D eigenvalue weighted by atomic mass is 10.2. The van der Waals surface area contributed by atoms with E-state index in [2.05, 4.69) is 0 Å². The minimum Gasteiger partial charge on any atom is -0.497 e. The maximum atomic E-state index is 12.9. The highest BCUT2D eigenvalue weighted by Gasteiger charge is 2.31. The van der Waals surface area contributed by atoms with Crippen LogP contribution in [0, 0.1) is 0 Å². The maximum Gasteiger partial charge on any atom is 0.266 e. The number of thiocarbonyl (C=S) groups is 1. The summed E-state index contributed by atoms with van der Waals surface area (Å²) in [5.74, 6) is 1.42. The molecule has 4 nitrogen and oxygen atoms in total. The molecule has 7 heteroatoms. The number of hydrogen-bond acceptors (Lipinski definition) is 5. The summed E-state index contributed by atoms with van der Waals surface area (Å²) in [4.78, 5) is 15.1. The maximum absolute atomic E-state index is 12.9. The van der Waals surface area contributed by atoms with Gasteiger partial charge in [0, 0.05) is 10.6 Å². The normalized spacial score (nSPS) is 14.8. The van der Waals surface area contributed by atoms with Crippen LogP contribution in [-0.4, -0.2) is 22.2 Å². The van der Waals surface area contributed by atoms with E-state index in [0.29, 0.717) is 27.4 Å². The molecule has 0 spiro atoms. The molecule has 0 radical (unpaired) electrons. The quantitative estimate of drug-likeness (QED) is 0.291. The van der Waals surface area contributed by atoms with Crippen LogP contribution >= 0.6 is 35.6 Å². The Morgan fingerprint density at radius 3 is 2.38 bits per heavy atom. The molecule has 0 N–H and O–H groups in total. The first-order valence-electron chi connectivity index (χ1n) is 9.88. The lowest BCUT2D eigenvalue weighted by molar-refractivity contribution is -0.122. The minimum absolute atomic E-state index is 0.0881. The van der Waals surface area contributed by atoms with Gasteiger partial charge in [0.2, 0.25) is 0 Å². The third-order valence-electron chi connectivity index (χ3n) is 4.90. The van der Waals surface area contributed by atoms with Gasteiger partial charge in [0.05, 0.1) is 18.6 Å². The highest BCUT2D eigenvalue weighted by molar-refractivity contribution is 8.26. The van der Waals surface area contributed by atoms with Gasteiger partial charge >= 0.3 is 0 Å². The van der Waals surface area contributed by atoms with Gasteiger partial charge in [-0.15, -0.1) is 0 Å². The number of methoxy groups -OCH3 is 1. The second kappa shape index (κ2) is 10.2. The summed E-state index contributed by atoms with van der Waals surface area (Å²) >= 11 is 12.9. The Bertz CT molecular complexity index is 1160. The first-order valence-corrected chi connectivity index (χ1v) is 11.5. The fraction of sp³-hybridized carbons (Fsp3) is 0.120. The predicted octanol–water partition coefficient (Wildman–Crippen LogP) is 6.33. The Morgan fingerprint density at radius 1 is 1.00 bits per heavy atom. The molecule has 0 aliphatic carbocycles. The zero-order valence-corrected chi connectivity index (χ0v) is 19.7. The van der Waals surface area contributed by atoms with Crippen LogP contribution in [0.4, 0.5) is 0 Å². The second-order valence-electron chi connectivity index (χ2n) is 7.07. The zero-order chi connectivity index (χ0) is 22.5. The number of hydrogen-bond donors (Lipinski definition) is 0. The molecule has 1 aliphatic rings. The van der Waals surface area contributed by atoms with Crippen molar-refractivity contribution in [1.29, 1.82) is 0 Å². The molecular weight excluding hydrogens is 462 g/mol. The third kappa shape index (κ3) is 5.33. The van der Waals surface area contributed by atoms with Gasteiger partial charge in [-0.25, -0.2) is 0 Å². The Labute approximate surface area is 201 Å². The molecule has 32 heavy (non-hydrogen) atoms. The molecule has 3 aromatic rings. The molecule has 0 unspecified atom stereocenters. The number of ether oxygens (including phenoxy) is 2. The topological polar surface area (TPSA) is 38.8 Å². The molecule has 0 aromatic heterocycles. The van der Waals surface area contributed by atoms with Crippen molar-refractivity contribution in [3.63, 3.8) is 0 Å². The van der Waals surface area contributed by atoms with Crippen LogP contribution < -0.4 is 9.47 Å². The largest absolute Gasteiger partial charge is 0.497 e. The average Bonchev–Trinajstić information content (AvgIpc) is 3.07. The van der Waals surface area contributed by atoms with E-state index in [1.54, 1.807) is 12.0 Å². The Morgan fingerprint density at radius 2 is 1.69 bits per heavy atom. The van der Waals surface area contributed by atoms with E-state index in [1.807, 2.05) is 78.9 Å². The van der Waals surface area contributed by atoms with E-state index < -0.39 is 0 Å². The van der Waals surface area contributed by atoms with Crippen molar-refractivity contribution in [3.8, 4) is 11.5 Å². The predicted molar refractivity (Wildman–Crippen MR) is 134 cm³/mol. The molecule has 0 saturated carbocycles. The standard InChI is InChI=1S/C25H20ClNO3S2/c1-29-20-10-8-18(9-11-20)15-27-24(28)23(32-25(27)31)14-17-6-12-21(13-7-17)30-16-19-4-2-3-5-22(19)26/h2-14H,15-16H2,1H3. The number of halogens is 1. The number of rotatable bonds is 7. The highest BCUT2D eigenvalue weighted by atomic mass is 35.5. The summed E-state index contributed by atoms with van der Waals surface area (Å²) in [5.41, 5.74) is 2.82. The number of amides is 1. The molecule has 1 aliphatic heterocycles. The fourth-order valence-corrected chi connectivity index (χ4v) is 4.58. The molecule has 0 bridgehead atoms. The minimum atomic E-state index is -0.0881. The first kappa shape index (κ1) is 22.4. The Balaban J connectivity index is 1.40. The number of carbonyl (C=O) groups is 1. The van der Waals surface area contributed by atoms with Crippen LogP contribution in [0.3, 0.4) is 0 Å². The molecule has 4 rings (SSSR count). The number of thioether (sulfide) groups is 1. The highest BCUT2D eigenvalue weighted by Crippen LogP contribution is 2.34. The van der Waals surface area contributed by atoms with Crippen LogP contribution in [0.5, 0.6) is 11.5 Å². The fourth-order valence-electron chi connectivity index (χ4n) is 3.14. The number of benzene rings is 3. The van der Waals surface area contributed by atoms with E-state index in [-0.39, 0.29) is 5.91 Å². The second-order valence-corrected chi connectivity index (χ2v) is 9.15. The SMILES string of the molecule is COc1ccc(CN2C(=O)C(=Cc3ccc(OCc4ccccc4Cl)cc3)SC2=S)cc1. The molecule has 0 atom stereocenters. The van der Waals surface area contributed by atoms with Crippen molar-refractivity contribution < 1.29 is 14.3 Å². The first-order chi connectivity index (χ1) is 15.5. The van der Waals surface area contributed by atoms with Crippen LogP contribution in [0.2, 0.25) is 5.02 Å². The van der Waals surface area contributed by atoms with E-state index in [1.165, 1.54) is 11.8 Å². The zero-order valence-electron chi connectivity index (χ0n) is 17.3. The lowest BCUT2D eigenvalue weighted by Gasteiger charge is -2.14. The van der Waals surface area contributed by atoms with E-state index >= 15 is 0 Å². The summed E-state index contributed by atoms with van der Waals surface area (Å²) in [6.45, 7) is 0.823. The van der Waals surface area contributed by atoms with Gasteiger partial charge in [-0.3, -0.25) is 9.69 Å². The van der Waals surface area contributed by atoms with Crippen LogP contribution in [0.15, 0.2) is 77.7 Å². The van der Waals surface area contributed by atoms with E-state index in [9.17, 15) is 4.79 Å². The van der Waals surface area contributed by atoms with Crippen molar-refractivity contribution in [2.24, 2.45) is 0 Å². The van der Waals surface area contributed by atoms with Gasteiger partial charge in [-0.2, -0.15) is 0 Å². The molecule has 1 heterocycles. The lowest BCUT2D eigenvalue weighted by Crippen LogP contribution is -2.27. The molecular formula is C25H20ClNO3S2. The van der Waals surface area contributed by atoms with E-state index in [0.717, 1.165) is 28.2 Å². The van der Waals surface area contributed by atoms with Crippen molar-refractivity contribution in [3.05, 3.63) is 99.4 Å². The van der Waals surface area contributed by atoms with Crippen molar-refractivity contribution >= 4 is 51.9 Å². The number of carbonyl (C=O) groups excluding carboxylic acids is 1. The van der Waals surface area contributed by atoms with Crippen molar-refractivity contribution in [2.45, 2.75) is 13.2 Å². The summed E-state index contributed by atoms with van der Waals surface area (Å²) in [5, 5.41) is 0.681. The monoisotopic (exact) mass is 481 g/mol. The molecule has 1 amide bonds. The van der Waals surface area contributed by atoms with Gasteiger partial charge in [0.15, 0.2) is 0 Å². The Kier molecular flexibility index (Phi) is 7.15. The van der Waals surface area contributed by atoms with Gasteiger partial charge < -0.3 is 9.47 Å². The summed E-state index contributed by atoms with van der Waals surface area (Å²) in [6.07, 6.45) is 1.85. The molecule has 1 fully saturated rings. The summed E-state index contributed by atoms with van der Waals surface area (Å²) in [7, 11) is 1.62. The molecule has 1 saturated heterocycles. The van der Waals surface area contributed by atoms with Crippen molar-refractivity contribution in [1.82, 2.24) is 4.90 Å². The number of nitrogens with zero attached hydrogens (tertiary/aromatic N) is 1. The van der Waals surface area contributed by atoms with E-state index in [4.69, 9.17) is 33.3 Å². The average molecular weight is 482 g/mol.